The third kappa shape index (κ3) is 5.16. The second-order valence-electron chi connectivity index (χ2n) is 3.53. The van der Waals surface area contributed by atoms with Gasteiger partial charge in [-0.1, -0.05) is 30.9 Å². The number of rotatable bonds is 4. The predicted octanol–water partition coefficient (Wildman–Crippen LogP) is 4.45. The zero-order valence-electron chi connectivity index (χ0n) is 10.5. The summed E-state index contributed by atoms with van der Waals surface area (Å²) in [6.07, 6.45) is 8.07. The average Bonchev–Trinajstić information content (AvgIpc) is 2.21. The molecule has 0 rings (SSSR count). The minimum atomic E-state index is 0.959. The van der Waals surface area contributed by atoms with Crippen molar-refractivity contribution in [3.05, 3.63) is 47.7 Å². The molecule has 15 heavy (non-hydrogen) atoms. The van der Waals surface area contributed by atoms with Crippen molar-refractivity contribution in [3.8, 4) is 0 Å². The minimum Gasteiger partial charge on any atom is -0.254 e. The Morgan fingerprint density at radius 1 is 1.13 bits per heavy atom. The molecule has 0 fully saturated rings. The van der Waals surface area contributed by atoms with E-state index in [1.165, 1.54) is 5.57 Å². The van der Waals surface area contributed by atoms with Gasteiger partial charge in [-0.25, -0.2) is 0 Å². The third-order valence-corrected chi connectivity index (χ3v) is 2.11. The molecule has 0 aromatic rings. The van der Waals surface area contributed by atoms with Crippen molar-refractivity contribution in [2.45, 2.75) is 34.6 Å². The molecular formula is C14H21N. The SMILES string of the molecule is C=C(C)C(=C/C)/N=C(C)\C(C)=C\C=C/C. The van der Waals surface area contributed by atoms with E-state index in [0.717, 1.165) is 17.0 Å². The molecule has 1 heteroatoms. The first-order chi connectivity index (χ1) is 7.02. The molecule has 0 N–H and O–H groups in total. The van der Waals surface area contributed by atoms with Crippen LogP contribution < -0.4 is 0 Å². The van der Waals surface area contributed by atoms with Gasteiger partial charge in [0.2, 0.25) is 0 Å². The summed E-state index contributed by atoms with van der Waals surface area (Å²) in [5, 5.41) is 0. The van der Waals surface area contributed by atoms with Crippen LogP contribution in [-0.4, -0.2) is 5.71 Å². The second kappa shape index (κ2) is 6.99. The lowest BCUT2D eigenvalue weighted by Gasteiger charge is -2.03. The first-order valence-corrected chi connectivity index (χ1v) is 5.20. The van der Waals surface area contributed by atoms with E-state index in [4.69, 9.17) is 0 Å². The zero-order chi connectivity index (χ0) is 11.8. The fourth-order valence-electron chi connectivity index (χ4n) is 1.04. The Kier molecular flexibility index (Phi) is 6.35. The van der Waals surface area contributed by atoms with Crippen LogP contribution >= 0.6 is 0 Å². The molecule has 0 saturated heterocycles. The fourth-order valence-corrected chi connectivity index (χ4v) is 1.04. The molecule has 0 aliphatic heterocycles. The Hall–Kier alpha value is -1.37. The molecule has 0 aromatic heterocycles. The highest BCUT2D eigenvalue weighted by Crippen LogP contribution is 2.10. The molecule has 0 atom stereocenters. The number of nitrogens with zero attached hydrogens (tertiary/aromatic N) is 1. The summed E-state index contributed by atoms with van der Waals surface area (Å²) in [6, 6.07) is 0. The van der Waals surface area contributed by atoms with Crippen LogP contribution in [0.2, 0.25) is 0 Å². The lowest BCUT2D eigenvalue weighted by atomic mass is 10.1. The van der Waals surface area contributed by atoms with Crippen LogP contribution in [0.15, 0.2) is 52.7 Å². The van der Waals surface area contributed by atoms with E-state index in [2.05, 4.69) is 24.6 Å². The molecule has 0 unspecified atom stereocenters. The smallest absolute Gasteiger partial charge is 0.0613 e. The van der Waals surface area contributed by atoms with Gasteiger partial charge in [0.25, 0.3) is 0 Å². The Labute approximate surface area is 93.6 Å². The van der Waals surface area contributed by atoms with Crippen LogP contribution in [0.4, 0.5) is 0 Å². The van der Waals surface area contributed by atoms with Crippen LogP contribution in [-0.2, 0) is 0 Å². The molecular weight excluding hydrogens is 182 g/mol. The van der Waals surface area contributed by atoms with E-state index >= 15 is 0 Å². The molecule has 82 valence electrons. The molecule has 0 heterocycles. The summed E-state index contributed by atoms with van der Waals surface area (Å²) in [4.78, 5) is 4.52. The highest BCUT2D eigenvalue weighted by Gasteiger charge is 1.97. The molecule has 0 radical (unpaired) electrons. The minimum absolute atomic E-state index is 0.959. The maximum absolute atomic E-state index is 4.52. The van der Waals surface area contributed by atoms with Gasteiger partial charge in [-0.15, -0.1) is 0 Å². The summed E-state index contributed by atoms with van der Waals surface area (Å²) in [6.45, 7) is 13.9. The average molecular weight is 203 g/mol. The van der Waals surface area contributed by atoms with Gasteiger partial charge in [0.1, 0.15) is 0 Å². The molecule has 1 nitrogen and oxygen atoms in total. The van der Waals surface area contributed by atoms with E-state index in [0.29, 0.717) is 0 Å². The van der Waals surface area contributed by atoms with Gasteiger partial charge in [-0.3, -0.25) is 4.99 Å². The Morgan fingerprint density at radius 3 is 2.13 bits per heavy atom. The summed E-state index contributed by atoms with van der Waals surface area (Å²) in [5.74, 6) is 0. The first-order valence-electron chi connectivity index (χ1n) is 5.20. The lowest BCUT2D eigenvalue weighted by Crippen LogP contribution is -1.94. The van der Waals surface area contributed by atoms with Crippen LogP contribution in [0, 0.1) is 0 Å². The van der Waals surface area contributed by atoms with E-state index in [9.17, 15) is 0 Å². The Balaban J connectivity index is 4.91. The predicted molar refractivity (Wildman–Crippen MR) is 70.3 cm³/mol. The van der Waals surface area contributed by atoms with Gasteiger partial charge < -0.3 is 0 Å². The summed E-state index contributed by atoms with van der Waals surface area (Å²) >= 11 is 0. The van der Waals surface area contributed by atoms with Gasteiger partial charge in [0, 0.05) is 5.71 Å². The quantitative estimate of drug-likeness (QED) is 0.473. The van der Waals surface area contributed by atoms with Crippen molar-refractivity contribution in [2.75, 3.05) is 0 Å². The van der Waals surface area contributed by atoms with Crippen LogP contribution in [0.3, 0.4) is 0 Å². The van der Waals surface area contributed by atoms with Crippen molar-refractivity contribution >= 4 is 5.71 Å². The topological polar surface area (TPSA) is 12.4 Å². The van der Waals surface area contributed by atoms with E-state index < -0.39 is 0 Å². The van der Waals surface area contributed by atoms with Crippen molar-refractivity contribution < 1.29 is 0 Å². The summed E-state index contributed by atoms with van der Waals surface area (Å²) < 4.78 is 0. The molecule has 0 aliphatic rings. The maximum atomic E-state index is 4.52. The van der Waals surface area contributed by atoms with Gasteiger partial charge in [0.15, 0.2) is 0 Å². The molecule has 0 bridgehead atoms. The van der Waals surface area contributed by atoms with Crippen molar-refractivity contribution in [3.63, 3.8) is 0 Å². The van der Waals surface area contributed by atoms with Crippen LogP contribution in [0.25, 0.3) is 0 Å². The van der Waals surface area contributed by atoms with Gasteiger partial charge in [-0.2, -0.15) is 0 Å². The molecule has 0 spiro atoms. The number of aliphatic imine (C=N–C) groups is 1. The largest absolute Gasteiger partial charge is 0.254 e. The zero-order valence-corrected chi connectivity index (χ0v) is 10.5. The Morgan fingerprint density at radius 2 is 1.73 bits per heavy atom. The van der Waals surface area contributed by atoms with Crippen LogP contribution in [0.1, 0.15) is 34.6 Å². The summed E-state index contributed by atoms with van der Waals surface area (Å²) in [5.41, 5.74) is 4.16. The van der Waals surface area contributed by atoms with E-state index in [1.54, 1.807) is 0 Å². The monoisotopic (exact) mass is 203 g/mol. The number of hydrogen-bond donors (Lipinski definition) is 0. The van der Waals surface area contributed by atoms with E-state index in [-0.39, 0.29) is 0 Å². The van der Waals surface area contributed by atoms with E-state index in [1.807, 2.05) is 45.9 Å². The first kappa shape index (κ1) is 13.6. The third-order valence-electron chi connectivity index (χ3n) is 2.11. The van der Waals surface area contributed by atoms with Crippen molar-refractivity contribution in [1.29, 1.82) is 0 Å². The summed E-state index contributed by atoms with van der Waals surface area (Å²) in [7, 11) is 0. The lowest BCUT2D eigenvalue weighted by molar-refractivity contribution is 1.26. The second-order valence-corrected chi connectivity index (χ2v) is 3.53. The molecule has 0 saturated carbocycles. The Bertz CT molecular complexity index is 338. The number of allylic oxidation sites excluding steroid dienone is 6. The fraction of sp³-hybridized carbons (Fsp3) is 0.357. The molecule has 0 aromatic carbocycles. The standard InChI is InChI=1S/C14H21N/c1-7-9-10-12(5)13(6)15-14(8-2)11(3)4/h7-10H,3H2,1-2,4-6H3/b9-7-,12-10+,14-8-,15-13-. The maximum Gasteiger partial charge on any atom is 0.0613 e. The highest BCUT2D eigenvalue weighted by molar-refractivity contribution is 5.98. The molecule has 0 amide bonds. The highest BCUT2D eigenvalue weighted by atomic mass is 14.8. The van der Waals surface area contributed by atoms with Crippen LogP contribution in [0.5, 0.6) is 0 Å². The van der Waals surface area contributed by atoms with Gasteiger partial charge in [0.05, 0.1) is 5.70 Å². The normalized spacial score (nSPS) is 14.9. The molecule has 0 aliphatic carbocycles. The van der Waals surface area contributed by atoms with Gasteiger partial charge in [-0.05, 0) is 45.8 Å². The number of hydrogen-bond acceptors (Lipinski definition) is 1. The van der Waals surface area contributed by atoms with Crippen molar-refractivity contribution in [2.24, 2.45) is 4.99 Å². The van der Waals surface area contributed by atoms with Crippen molar-refractivity contribution in [1.82, 2.24) is 0 Å². The van der Waals surface area contributed by atoms with Gasteiger partial charge >= 0.3 is 0 Å².